The van der Waals surface area contributed by atoms with Crippen LogP contribution in [0.15, 0.2) is 77.7 Å². The molecular formula is C25H23NO4S. The minimum absolute atomic E-state index is 0.219. The van der Waals surface area contributed by atoms with Crippen LogP contribution in [-0.4, -0.2) is 27.7 Å². The Morgan fingerprint density at radius 1 is 0.968 bits per heavy atom. The van der Waals surface area contributed by atoms with E-state index in [1.807, 2.05) is 30.3 Å². The lowest BCUT2D eigenvalue weighted by molar-refractivity contribution is 0.0951. The van der Waals surface area contributed by atoms with Crippen molar-refractivity contribution in [1.82, 2.24) is 5.32 Å². The van der Waals surface area contributed by atoms with E-state index in [2.05, 4.69) is 17.2 Å². The van der Waals surface area contributed by atoms with E-state index in [0.717, 1.165) is 28.7 Å². The summed E-state index contributed by atoms with van der Waals surface area (Å²) in [7, 11) is -1.60. The second-order valence-corrected chi connectivity index (χ2v) is 9.03. The molecule has 0 bridgehead atoms. The molecule has 0 saturated heterocycles. The van der Waals surface area contributed by atoms with E-state index in [1.165, 1.54) is 12.1 Å². The molecule has 0 fully saturated rings. The van der Waals surface area contributed by atoms with Gasteiger partial charge in [0.05, 0.1) is 12.0 Å². The van der Waals surface area contributed by atoms with E-state index < -0.39 is 9.84 Å². The van der Waals surface area contributed by atoms with Gasteiger partial charge >= 0.3 is 0 Å². The summed E-state index contributed by atoms with van der Waals surface area (Å²) < 4.78 is 28.3. The maximum absolute atomic E-state index is 12.5. The van der Waals surface area contributed by atoms with Crippen LogP contribution in [0.25, 0.3) is 0 Å². The van der Waals surface area contributed by atoms with Gasteiger partial charge in [0.1, 0.15) is 5.75 Å². The lowest BCUT2D eigenvalue weighted by atomic mass is 10.1. The number of sulfone groups is 1. The van der Waals surface area contributed by atoms with Crippen molar-refractivity contribution in [3.63, 3.8) is 0 Å². The van der Waals surface area contributed by atoms with Crippen molar-refractivity contribution >= 4 is 15.7 Å². The highest BCUT2D eigenvalue weighted by Gasteiger charge is 2.08. The quantitative estimate of drug-likeness (QED) is 0.603. The van der Waals surface area contributed by atoms with Crippen molar-refractivity contribution in [2.75, 3.05) is 13.4 Å². The highest BCUT2D eigenvalue weighted by atomic mass is 32.2. The minimum Gasteiger partial charge on any atom is -0.497 e. The number of methoxy groups -OCH3 is 1. The minimum atomic E-state index is -3.23. The number of carbonyl (C=O) groups excluding carboxylic acids is 1. The van der Waals surface area contributed by atoms with Crippen molar-refractivity contribution in [2.45, 2.75) is 17.9 Å². The molecule has 3 rings (SSSR count). The molecule has 5 nitrogen and oxygen atoms in total. The van der Waals surface area contributed by atoms with Crippen LogP contribution < -0.4 is 10.1 Å². The largest absolute Gasteiger partial charge is 0.497 e. The SMILES string of the molecule is COc1cccc(CC#Cc2cccc(C(=O)NCc3ccc(S(C)(=O)=O)cc3)c2)c1. The third-order valence-electron chi connectivity index (χ3n) is 4.59. The molecule has 0 aliphatic carbocycles. The van der Waals surface area contributed by atoms with Gasteiger partial charge in [0.25, 0.3) is 5.91 Å². The van der Waals surface area contributed by atoms with Gasteiger partial charge in [-0.1, -0.05) is 42.2 Å². The van der Waals surface area contributed by atoms with Crippen LogP contribution in [0, 0.1) is 11.8 Å². The molecule has 0 aliphatic heterocycles. The third kappa shape index (κ3) is 6.46. The molecule has 3 aromatic rings. The molecule has 0 spiro atoms. The number of hydrogen-bond acceptors (Lipinski definition) is 4. The Morgan fingerprint density at radius 2 is 1.71 bits per heavy atom. The van der Waals surface area contributed by atoms with Gasteiger partial charge in [0.2, 0.25) is 0 Å². The highest BCUT2D eigenvalue weighted by Crippen LogP contribution is 2.13. The first-order chi connectivity index (χ1) is 14.8. The van der Waals surface area contributed by atoms with Crippen LogP contribution >= 0.6 is 0 Å². The van der Waals surface area contributed by atoms with Gasteiger partial charge in [-0.2, -0.15) is 0 Å². The zero-order valence-electron chi connectivity index (χ0n) is 17.4. The standard InChI is InChI=1S/C25H23NO4S/c1-30-23-11-5-9-20(17-23)7-3-6-19-8-4-10-22(16-19)25(27)26-18-21-12-14-24(15-13-21)31(2,28)29/h4-5,8-17H,7,18H2,1-2H3,(H,26,27). The molecule has 0 saturated carbocycles. The summed E-state index contributed by atoms with van der Waals surface area (Å²) in [6, 6.07) is 21.3. The lowest BCUT2D eigenvalue weighted by Gasteiger charge is -2.07. The summed E-state index contributed by atoms with van der Waals surface area (Å²) in [6.07, 6.45) is 1.74. The summed E-state index contributed by atoms with van der Waals surface area (Å²) >= 11 is 0. The zero-order valence-corrected chi connectivity index (χ0v) is 18.2. The van der Waals surface area contributed by atoms with Gasteiger partial charge in [-0.3, -0.25) is 4.79 Å². The molecule has 31 heavy (non-hydrogen) atoms. The van der Waals surface area contributed by atoms with E-state index >= 15 is 0 Å². The fraction of sp³-hybridized carbons (Fsp3) is 0.160. The van der Waals surface area contributed by atoms with E-state index in [-0.39, 0.29) is 10.8 Å². The Kier molecular flexibility index (Phi) is 7.11. The first-order valence-corrected chi connectivity index (χ1v) is 11.5. The summed E-state index contributed by atoms with van der Waals surface area (Å²) in [5.74, 6) is 6.79. The predicted molar refractivity (Wildman–Crippen MR) is 121 cm³/mol. The molecule has 0 aliphatic rings. The van der Waals surface area contributed by atoms with E-state index in [4.69, 9.17) is 4.74 Å². The third-order valence-corrected chi connectivity index (χ3v) is 5.72. The number of amides is 1. The van der Waals surface area contributed by atoms with Crippen molar-refractivity contribution in [1.29, 1.82) is 0 Å². The van der Waals surface area contributed by atoms with E-state index in [9.17, 15) is 13.2 Å². The molecule has 1 amide bonds. The Labute approximate surface area is 183 Å². The van der Waals surface area contributed by atoms with Crippen LogP contribution in [0.4, 0.5) is 0 Å². The van der Waals surface area contributed by atoms with Crippen molar-refractivity contribution in [3.8, 4) is 17.6 Å². The van der Waals surface area contributed by atoms with Crippen LogP contribution in [-0.2, 0) is 22.8 Å². The Bertz CT molecular complexity index is 1240. The first kappa shape index (κ1) is 22.1. The number of carbonyl (C=O) groups is 1. The smallest absolute Gasteiger partial charge is 0.251 e. The van der Waals surface area contributed by atoms with Gasteiger partial charge in [0, 0.05) is 30.3 Å². The number of nitrogens with one attached hydrogen (secondary N) is 1. The Balaban J connectivity index is 1.61. The number of ether oxygens (including phenoxy) is 1. The normalized spacial score (nSPS) is 10.6. The van der Waals surface area contributed by atoms with Crippen molar-refractivity contribution in [3.05, 3.63) is 95.1 Å². The number of benzene rings is 3. The molecule has 0 atom stereocenters. The number of rotatable bonds is 6. The van der Waals surface area contributed by atoms with Gasteiger partial charge < -0.3 is 10.1 Å². The van der Waals surface area contributed by atoms with E-state index in [1.54, 1.807) is 37.4 Å². The number of hydrogen-bond donors (Lipinski definition) is 1. The molecule has 6 heteroatoms. The first-order valence-electron chi connectivity index (χ1n) is 9.64. The second-order valence-electron chi connectivity index (χ2n) is 7.01. The molecule has 0 unspecified atom stereocenters. The maximum Gasteiger partial charge on any atom is 0.251 e. The maximum atomic E-state index is 12.5. The predicted octanol–water partition coefficient (Wildman–Crippen LogP) is 3.62. The van der Waals surface area contributed by atoms with Crippen LogP contribution in [0.1, 0.15) is 27.0 Å². The van der Waals surface area contributed by atoms with Gasteiger partial charge in [-0.15, -0.1) is 0 Å². The zero-order chi connectivity index (χ0) is 22.3. The molecule has 158 valence electrons. The summed E-state index contributed by atoms with van der Waals surface area (Å²) in [4.78, 5) is 12.7. The second kappa shape index (κ2) is 9.96. The van der Waals surface area contributed by atoms with Crippen molar-refractivity contribution in [2.24, 2.45) is 0 Å². The van der Waals surface area contributed by atoms with Crippen molar-refractivity contribution < 1.29 is 17.9 Å². The van der Waals surface area contributed by atoms with Crippen LogP contribution in [0.2, 0.25) is 0 Å². The molecule has 0 aromatic heterocycles. The monoisotopic (exact) mass is 433 g/mol. The van der Waals surface area contributed by atoms with Crippen LogP contribution in [0.3, 0.4) is 0 Å². The molecule has 1 N–H and O–H groups in total. The van der Waals surface area contributed by atoms with Gasteiger partial charge in [-0.25, -0.2) is 8.42 Å². The van der Waals surface area contributed by atoms with Gasteiger partial charge in [0.15, 0.2) is 9.84 Å². The fourth-order valence-electron chi connectivity index (χ4n) is 2.91. The highest BCUT2D eigenvalue weighted by molar-refractivity contribution is 7.90. The average molecular weight is 434 g/mol. The summed E-state index contributed by atoms with van der Waals surface area (Å²) in [5.41, 5.74) is 3.15. The fourth-order valence-corrected chi connectivity index (χ4v) is 3.54. The van der Waals surface area contributed by atoms with Gasteiger partial charge in [-0.05, 0) is 53.6 Å². The molecule has 0 radical (unpaired) electrons. The van der Waals surface area contributed by atoms with Crippen LogP contribution in [0.5, 0.6) is 5.75 Å². The lowest BCUT2D eigenvalue weighted by Crippen LogP contribution is -2.22. The topological polar surface area (TPSA) is 72.5 Å². The Morgan fingerprint density at radius 3 is 2.42 bits per heavy atom. The summed E-state index contributed by atoms with van der Waals surface area (Å²) in [6.45, 7) is 0.300. The average Bonchev–Trinajstić information content (AvgIpc) is 2.77. The summed E-state index contributed by atoms with van der Waals surface area (Å²) in [5, 5.41) is 2.84. The molecule has 0 heterocycles. The molecule has 3 aromatic carbocycles. The molecular weight excluding hydrogens is 410 g/mol. The van der Waals surface area contributed by atoms with E-state index in [0.29, 0.717) is 18.5 Å². The Hall–Kier alpha value is -3.56.